The van der Waals surface area contributed by atoms with E-state index >= 15 is 0 Å². The van der Waals surface area contributed by atoms with Crippen LogP contribution >= 0.6 is 31.9 Å². The molecule has 0 aliphatic rings. The van der Waals surface area contributed by atoms with E-state index in [1.165, 1.54) is 11.1 Å². The maximum Gasteiger partial charge on any atom is 0.0316 e. The fraction of sp³-hybridized carbons (Fsp3) is 0. The minimum absolute atomic E-state index is 1.05. The maximum absolute atomic E-state index is 3.48. The molecule has 0 unspecified atom stereocenters. The molecule has 0 amide bonds. The van der Waals surface area contributed by atoms with Gasteiger partial charge in [0.1, 0.15) is 0 Å². The minimum atomic E-state index is 1.05. The summed E-state index contributed by atoms with van der Waals surface area (Å²) in [4.78, 5) is 1.87. The van der Waals surface area contributed by atoms with E-state index in [4.69, 9.17) is 0 Å². The third-order valence-electron chi connectivity index (χ3n) is 2.36. The van der Waals surface area contributed by atoms with Crippen LogP contribution < -0.4 is 0 Å². The van der Waals surface area contributed by atoms with Crippen LogP contribution in [0.15, 0.2) is 59.6 Å². The van der Waals surface area contributed by atoms with Crippen molar-refractivity contribution in [1.82, 2.24) is 0 Å². The van der Waals surface area contributed by atoms with E-state index in [0.29, 0.717) is 0 Å². The summed E-state index contributed by atoms with van der Waals surface area (Å²) >= 11 is 6.79. The number of hydrogen-bond donors (Lipinski definition) is 0. The fourth-order valence-corrected chi connectivity index (χ4v) is 2.04. The van der Waals surface area contributed by atoms with Crippen molar-refractivity contribution in [1.29, 1.82) is 0 Å². The molecule has 0 saturated carbocycles. The summed E-state index contributed by atoms with van der Waals surface area (Å²) in [5, 5.41) is 0. The Morgan fingerprint density at radius 2 is 1.38 bits per heavy atom. The van der Waals surface area contributed by atoms with Crippen LogP contribution in [0.25, 0.3) is 15.6 Å². The van der Waals surface area contributed by atoms with E-state index in [-0.39, 0.29) is 0 Å². The van der Waals surface area contributed by atoms with Crippen molar-refractivity contribution in [2.24, 2.45) is 0 Å². The van der Waals surface area contributed by atoms with Crippen LogP contribution in [0.3, 0.4) is 0 Å². The first-order valence-corrected chi connectivity index (χ1v) is 6.64. The largest absolute Gasteiger partial charge is 0.0622 e. The molecule has 2 rings (SSSR count). The monoisotopic (exact) mass is 336 g/mol. The Bertz CT molecular complexity index is 484. The van der Waals surface area contributed by atoms with Gasteiger partial charge in [-0.2, -0.15) is 0 Å². The van der Waals surface area contributed by atoms with Crippen LogP contribution in [-0.4, -0.2) is 0 Å². The fourth-order valence-electron chi connectivity index (χ4n) is 1.52. The zero-order valence-electron chi connectivity index (χ0n) is 8.53. The van der Waals surface area contributed by atoms with Gasteiger partial charge in [0, 0.05) is 4.48 Å². The summed E-state index contributed by atoms with van der Waals surface area (Å²) in [5.41, 5.74) is 3.64. The van der Waals surface area contributed by atoms with E-state index in [0.717, 1.165) is 10.0 Å². The van der Waals surface area contributed by atoms with E-state index < -0.39 is 0 Å². The predicted molar refractivity (Wildman–Crippen MR) is 77.7 cm³/mol. The predicted octanol–water partition coefficient (Wildman–Crippen LogP) is 5.44. The highest BCUT2D eigenvalue weighted by molar-refractivity contribution is 9.16. The molecule has 0 N–H and O–H groups in total. The molecule has 0 heterocycles. The number of hydrogen-bond acceptors (Lipinski definition) is 0. The van der Waals surface area contributed by atoms with Crippen molar-refractivity contribution in [2.45, 2.75) is 0 Å². The smallest absolute Gasteiger partial charge is 0.0316 e. The van der Waals surface area contributed by atoms with Gasteiger partial charge in [0.2, 0.25) is 0 Å². The highest BCUT2D eigenvalue weighted by atomic mass is 79.9. The summed E-state index contributed by atoms with van der Waals surface area (Å²) in [6, 6.07) is 18.8. The average Bonchev–Trinajstić information content (AvgIpc) is 2.39. The first-order valence-electron chi connectivity index (χ1n) is 4.93. The summed E-state index contributed by atoms with van der Waals surface area (Å²) in [6.07, 6.45) is 0. The molecule has 0 spiro atoms. The Labute approximate surface area is 112 Å². The van der Waals surface area contributed by atoms with Gasteiger partial charge >= 0.3 is 0 Å². The van der Waals surface area contributed by atoms with Gasteiger partial charge in [0.25, 0.3) is 0 Å². The lowest BCUT2D eigenvalue weighted by atomic mass is 10.0. The van der Waals surface area contributed by atoms with Crippen molar-refractivity contribution in [2.75, 3.05) is 0 Å². The molecular formula is C14H10Br2. The molecule has 0 radical (unpaired) electrons. The van der Waals surface area contributed by atoms with Crippen molar-refractivity contribution < 1.29 is 0 Å². The topological polar surface area (TPSA) is 0 Å². The van der Waals surface area contributed by atoms with Gasteiger partial charge in [-0.1, -0.05) is 70.5 Å². The molecule has 80 valence electrons. The highest BCUT2D eigenvalue weighted by Gasteiger charge is 1.99. The molecule has 0 bridgehead atoms. The zero-order chi connectivity index (χ0) is 11.4. The van der Waals surface area contributed by atoms with Gasteiger partial charge < -0.3 is 0 Å². The molecule has 0 aromatic heterocycles. The second-order valence-corrected chi connectivity index (χ2v) is 4.71. The van der Waals surface area contributed by atoms with Crippen molar-refractivity contribution in [3.05, 3.63) is 65.1 Å². The lowest BCUT2D eigenvalue weighted by Gasteiger charge is -2.03. The summed E-state index contributed by atoms with van der Waals surface area (Å²) < 4.78 is 1.05. The Hall–Kier alpha value is -0.860. The Balaban J connectivity index is 2.34. The van der Waals surface area contributed by atoms with Crippen LogP contribution in [-0.2, 0) is 0 Å². The SMILES string of the molecule is Br/C=C(\Br)c1ccc(-c2ccccc2)cc1. The number of halogens is 2. The molecule has 16 heavy (non-hydrogen) atoms. The Morgan fingerprint density at radius 3 is 1.94 bits per heavy atom. The molecule has 0 fully saturated rings. The Morgan fingerprint density at radius 1 is 0.812 bits per heavy atom. The average molecular weight is 338 g/mol. The first kappa shape index (κ1) is 11.6. The lowest BCUT2D eigenvalue weighted by Crippen LogP contribution is -1.79. The first-order chi connectivity index (χ1) is 7.81. The molecule has 2 aromatic carbocycles. The minimum Gasteiger partial charge on any atom is -0.0622 e. The Kier molecular flexibility index (Phi) is 3.97. The van der Waals surface area contributed by atoms with E-state index in [9.17, 15) is 0 Å². The number of rotatable bonds is 2. The molecule has 2 heteroatoms. The molecule has 0 aliphatic heterocycles. The van der Waals surface area contributed by atoms with Gasteiger partial charge in [0.15, 0.2) is 0 Å². The summed E-state index contributed by atoms with van der Waals surface area (Å²) in [7, 11) is 0. The second-order valence-electron chi connectivity index (χ2n) is 3.40. The standard InChI is InChI=1S/C14H10Br2/c15-10-14(16)13-8-6-12(7-9-13)11-4-2-1-3-5-11/h1-10H/b14-10-. The molecule has 0 nitrogen and oxygen atoms in total. The molecular weight excluding hydrogens is 328 g/mol. The molecule has 0 saturated heterocycles. The normalized spacial score (nSPS) is 11.5. The van der Waals surface area contributed by atoms with E-state index in [1.807, 2.05) is 11.1 Å². The van der Waals surface area contributed by atoms with Crippen LogP contribution in [0, 0.1) is 0 Å². The van der Waals surface area contributed by atoms with E-state index in [2.05, 4.69) is 80.4 Å². The molecule has 2 aromatic rings. The third-order valence-corrected chi connectivity index (χ3v) is 4.12. The van der Waals surface area contributed by atoms with Crippen LogP contribution in [0.5, 0.6) is 0 Å². The summed E-state index contributed by atoms with van der Waals surface area (Å²) in [5.74, 6) is 0. The molecule has 0 atom stereocenters. The van der Waals surface area contributed by atoms with E-state index in [1.54, 1.807) is 0 Å². The van der Waals surface area contributed by atoms with Crippen LogP contribution in [0.1, 0.15) is 5.56 Å². The maximum atomic E-state index is 3.48. The second kappa shape index (κ2) is 5.46. The van der Waals surface area contributed by atoms with Gasteiger partial charge in [0.05, 0.1) is 0 Å². The molecule has 0 aliphatic carbocycles. The van der Waals surface area contributed by atoms with Crippen LogP contribution in [0.2, 0.25) is 0 Å². The van der Waals surface area contributed by atoms with Gasteiger partial charge in [-0.3, -0.25) is 0 Å². The zero-order valence-corrected chi connectivity index (χ0v) is 11.7. The highest BCUT2D eigenvalue weighted by Crippen LogP contribution is 2.25. The number of benzene rings is 2. The van der Waals surface area contributed by atoms with Crippen LogP contribution in [0.4, 0.5) is 0 Å². The van der Waals surface area contributed by atoms with Gasteiger partial charge in [-0.05, 0) is 37.6 Å². The lowest BCUT2D eigenvalue weighted by molar-refractivity contribution is 1.60. The quantitative estimate of drug-likeness (QED) is 0.684. The van der Waals surface area contributed by atoms with Crippen molar-refractivity contribution >= 4 is 36.3 Å². The summed E-state index contributed by atoms with van der Waals surface area (Å²) in [6.45, 7) is 0. The van der Waals surface area contributed by atoms with Gasteiger partial charge in [-0.25, -0.2) is 0 Å². The van der Waals surface area contributed by atoms with Gasteiger partial charge in [-0.15, -0.1) is 0 Å². The van der Waals surface area contributed by atoms with Crippen molar-refractivity contribution in [3.63, 3.8) is 0 Å². The third kappa shape index (κ3) is 2.63. The van der Waals surface area contributed by atoms with Crippen molar-refractivity contribution in [3.8, 4) is 11.1 Å².